The number of rotatable bonds is 3. The number of piperazine rings is 1. The monoisotopic (exact) mass is 320 g/mol. The molecule has 0 radical (unpaired) electrons. The number of benzene rings is 1. The van der Waals surface area contributed by atoms with E-state index in [2.05, 4.69) is 11.9 Å². The normalized spacial score (nSPS) is 26.7. The number of amides is 1. The average molecular weight is 320 g/mol. The Morgan fingerprint density at radius 1 is 1.26 bits per heavy atom. The van der Waals surface area contributed by atoms with Gasteiger partial charge in [0.15, 0.2) is 0 Å². The molecule has 1 N–H and O–H groups in total. The third-order valence-electron chi connectivity index (χ3n) is 5.27. The lowest BCUT2D eigenvalue weighted by molar-refractivity contribution is -0.149. The van der Waals surface area contributed by atoms with E-state index in [1.807, 2.05) is 6.92 Å². The molecular formula is C18H22F2N2O. The largest absolute Gasteiger partial charge is 0.327 e. The van der Waals surface area contributed by atoms with Crippen molar-refractivity contribution < 1.29 is 13.6 Å². The lowest BCUT2D eigenvalue weighted by Gasteiger charge is -2.51. The zero-order chi connectivity index (χ0) is 16.7. The first-order valence-electron chi connectivity index (χ1n) is 8.06. The van der Waals surface area contributed by atoms with Crippen LogP contribution in [0.3, 0.4) is 0 Å². The second kappa shape index (κ2) is 5.71. The minimum atomic E-state index is -0.804. The molecule has 3 rings (SSSR count). The van der Waals surface area contributed by atoms with Crippen LogP contribution in [0, 0.1) is 11.6 Å². The van der Waals surface area contributed by atoms with Crippen LogP contribution in [-0.4, -0.2) is 29.4 Å². The standard InChI is InChI=1S/C18H22F2N2O/c1-3-8-22-16(23)18(6-4-5-7-18)21-12-17(22,2)13-9-14(19)11-15(20)10-13/h3,9-11,21H,1,4-8,12H2,2H3/t17-/m0/s1. The Bertz CT molecular complexity index is 620. The molecular weight excluding hydrogens is 298 g/mol. The van der Waals surface area contributed by atoms with Gasteiger partial charge in [-0.15, -0.1) is 6.58 Å². The van der Waals surface area contributed by atoms with Gasteiger partial charge in [-0.1, -0.05) is 18.9 Å². The van der Waals surface area contributed by atoms with Gasteiger partial charge in [0, 0.05) is 19.2 Å². The highest BCUT2D eigenvalue weighted by Crippen LogP contribution is 2.40. The van der Waals surface area contributed by atoms with Crippen molar-refractivity contribution in [3.05, 3.63) is 48.1 Å². The third-order valence-corrected chi connectivity index (χ3v) is 5.27. The molecule has 1 spiro atoms. The summed E-state index contributed by atoms with van der Waals surface area (Å²) in [4.78, 5) is 14.8. The van der Waals surface area contributed by atoms with Crippen molar-refractivity contribution in [3.8, 4) is 0 Å². The first kappa shape index (κ1) is 16.1. The van der Waals surface area contributed by atoms with Crippen LogP contribution in [0.5, 0.6) is 0 Å². The van der Waals surface area contributed by atoms with Crippen LogP contribution in [0.2, 0.25) is 0 Å². The van der Waals surface area contributed by atoms with E-state index < -0.39 is 22.7 Å². The molecule has 1 aromatic carbocycles. The molecule has 2 fully saturated rings. The fraction of sp³-hybridized carbons (Fsp3) is 0.500. The number of hydrogen-bond acceptors (Lipinski definition) is 2. The summed E-state index contributed by atoms with van der Waals surface area (Å²) in [5, 5.41) is 3.39. The average Bonchev–Trinajstić information content (AvgIpc) is 2.97. The van der Waals surface area contributed by atoms with Gasteiger partial charge in [-0.05, 0) is 37.5 Å². The van der Waals surface area contributed by atoms with E-state index in [4.69, 9.17) is 0 Å². The van der Waals surface area contributed by atoms with E-state index in [-0.39, 0.29) is 5.91 Å². The maximum absolute atomic E-state index is 13.7. The van der Waals surface area contributed by atoms with Crippen molar-refractivity contribution in [2.45, 2.75) is 43.7 Å². The van der Waals surface area contributed by atoms with Gasteiger partial charge in [-0.3, -0.25) is 4.79 Å². The maximum Gasteiger partial charge on any atom is 0.243 e. The van der Waals surface area contributed by atoms with Crippen molar-refractivity contribution in [3.63, 3.8) is 0 Å². The van der Waals surface area contributed by atoms with Crippen LogP contribution in [0.4, 0.5) is 8.78 Å². The fourth-order valence-corrected chi connectivity index (χ4v) is 3.90. The molecule has 1 saturated heterocycles. The van der Waals surface area contributed by atoms with Crippen LogP contribution in [0.25, 0.3) is 0 Å². The minimum absolute atomic E-state index is 0.00770. The van der Waals surface area contributed by atoms with Gasteiger partial charge in [-0.25, -0.2) is 8.78 Å². The Balaban J connectivity index is 2.03. The molecule has 1 aromatic rings. The highest BCUT2D eigenvalue weighted by Gasteiger charge is 2.52. The Kier molecular flexibility index (Phi) is 4.00. The van der Waals surface area contributed by atoms with Crippen molar-refractivity contribution in [1.29, 1.82) is 0 Å². The van der Waals surface area contributed by atoms with Crippen LogP contribution in [0.15, 0.2) is 30.9 Å². The van der Waals surface area contributed by atoms with Crippen molar-refractivity contribution in [2.24, 2.45) is 0 Å². The van der Waals surface area contributed by atoms with Crippen molar-refractivity contribution in [2.75, 3.05) is 13.1 Å². The number of halogens is 2. The summed E-state index contributed by atoms with van der Waals surface area (Å²) in [6.45, 7) is 6.41. The quantitative estimate of drug-likeness (QED) is 0.868. The Morgan fingerprint density at radius 2 is 1.87 bits per heavy atom. The van der Waals surface area contributed by atoms with Gasteiger partial charge in [0.25, 0.3) is 0 Å². The van der Waals surface area contributed by atoms with Crippen molar-refractivity contribution >= 4 is 5.91 Å². The molecule has 1 aliphatic heterocycles. The predicted octanol–water partition coefficient (Wildman–Crippen LogP) is 3.11. The molecule has 1 saturated carbocycles. The molecule has 124 valence electrons. The first-order chi connectivity index (χ1) is 10.9. The third kappa shape index (κ3) is 2.57. The summed E-state index contributed by atoms with van der Waals surface area (Å²) < 4.78 is 27.3. The molecule has 0 aromatic heterocycles. The zero-order valence-corrected chi connectivity index (χ0v) is 13.4. The Hall–Kier alpha value is -1.75. The summed E-state index contributed by atoms with van der Waals surface area (Å²) in [5.41, 5.74) is -0.860. The molecule has 1 heterocycles. The number of nitrogens with one attached hydrogen (secondary N) is 1. The molecule has 2 aliphatic rings. The van der Waals surface area contributed by atoms with Crippen molar-refractivity contribution in [1.82, 2.24) is 10.2 Å². The van der Waals surface area contributed by atoms with Crippen LogP contribution in [0.1, 0.15) is 38.2 Å². The number of carbonyl (C=O) groups is 1. The fourth-order valence-electron chi connectivity index (χ4n) is 3.90. The van der Waals surface area contributed by atoms with Gasteiger partial charge < -0.3 is 10.2 Å². The lowest BCUT2D eigenvalue weighted by atomic mass is 9.81. The number of nitrogens with zero attached hydrogens (tertiary/aromatic N) is 1. The first-order valence-corrected chi connectivity index (χ1v) is 8.06. The van der Waals surface area contributed by atoms with Gasteiger partial charge in [-0.2, -0.15) is 0 Å². The molecule has 1 atom stereocenters. The lowest BCUT2D eigenvalue weighted by Crippen LogP contribution is -2.70. The van der Waals surface area contributed by atoms with E-state index in [1.165, 1.54) is 12.1 Å². The molecule has 3 nitrogen and oxygen atoms in total. The van der Waals surface area contributed by atoms with E-state index in [9.17, 15) is 13.6 Å². The molecule has 0 bridgehead atoms. The highest BCUT2D eigenvalue weighted by atomic mass is 19.1. The van der Waals surface area contributed by atoms with Gasteiger partial charge in [0.1, 0.15) is 11.6 Å². The van der Waals surface area contributed by atoms with E-state index in [0.717, 1.165) is 31.7 Å². The summed E-state index contributed by atoms with van der Waals surface area (Å²) in [5.74, 6) is -1.25. The molecule has 5 heteroatoms. The van der Waals surface area contributed by atoms with Gasteiger partial charge in [0.05, 0.1) is 11.1 Å². The van der Waals surface area contributed by atoms with Gasteiger partial charge in [0.2, 0.25) is 5.91 Å². The second-order valence-corrected chi connectivity index (χ2v) is 6.78. The maximum atomic E-state index is 13.7. The van der Waals surface area contributed by atoms with E-state index in [0.29, 0.717) is 18.7 Å². The molecule has 1 amide bonds. The Morgan fingerprint density at radius 3 is 2.43 bits per heavy atom. The Labute approximate surface area is 135 Å². The SMILES string of the molecule is C=CCN1C(=O)C2(CCCC2)NC[C@@]1(C)c1cc(F)cc(F)c1. The van der Waals surface area contributed by atoms with Gasteiger partial charge >= 0.3 is 0 Å². The summed E-state index contributed by atoms with van der Waals surface area (Å²) in [6, 6.07) is 3.46. The predicted molar refractivity (Wildman–Crippen MR) is 84.8 cm³/mol. The van der Waals surface area contributed by atoms with E-state index >= 15 is 0 Å². The molecule has 0 unspecified atom stereocenters. The summed E-state index contributed by atoms with van der Waals surface area (Å²) in [7, 11) is 0. The summed E-state index contributed by atoms with van der Waals surface area (Å²) >= 11 is 0. The smallest absolute Gasteiger partial charge is 0.243 e. The zero-order valence-electron chi connectivity index (χ0n) is 13.4. The minimum Gasteiger partial charge on any atom is -0.327 e. The number of hydrogen-bond donors (Lipinski definition) is 1. The highest BCUT2D eigenvalue weighted by molar-refractivity contribution is 5.88. The molecule has 23 heavy (non-hydrogen) atoms. The van der Waals surface area contributed by atoms with E-state index in [1.54, 1.807) is 11.0 Å². The van der Waals surface area contributed by atoms with Crippen LogP contribution < -0.4 is 5.32 Å². The topological polar surface area (TPSA) is 32.3 Å². The summed E-state index contributed by atoms with van der Waals surface area (Å²) in [6.07, 6.45) is 5.33. The van der Waals surface area contributed by atoms with Crippen LogP contribution in [-0.2, 0) is 10.3 Å². The molecule has 1 aliphatic carbocycles. The number of carbonyl (C=O) groups excluding carboxylic acids is 1. The van der Waals surface area contributed by atoms with Crippen LogP contribution >= 0.6 is 0 Å². The second-order valence-electron chi connectivity index (χ2n) is 6.78.